The van der Waals surface area contributed by atoms with Gasteiger partial charge in [0.25, 0.3) is 5.69 Å². The molecule has 1 atom stereocenters. The van der Waals surface area contributed by atoms with Crippen LogP contribution in [0.2, 0.25) is 0 Å². The van der Waals surface area contributed by atoms with E-state index >= 15 is 0 Å². The van der Waals surface area contributed by atoms with Crippen molar-refractivity contribution in [1.82, 2.24) is 10.2 Å². The zero-order valence-corrected chi connectivity index (χ0v) is 17.0. The van der Waals surface area contributed by atoms with E-state index in [1.54, 1.807) is 38.1 Å². The minimum atomic E-state index is -1.08. The number of nitro groups is 1. The van der Waals surface area contributed by atoms with Gasteiger partial charge in [-0.05, 0) is 37.1 Å². The van der Waals surface area contributed by atoms with Gasteiger partial charge in [-0.25, -0.2) is 9.59 Å². The maximum atomic E-state index is 13.2. The van der Waals surface area contributed by atoms with Gasteiger partial charge in [-0.15, -0.1) is 0 Å². The van der Waals surface area contributed by atoms with Gasteiger partial charge in [0.15, 0.2) is 0 Å². The van der Waals surface area contributed by atoms with Crippen LogP contribution >= 0.6 is 0 Å². The van der Waals surface area contributed by atoms with E-state index < -0.39 is 28.9 Å². The summed E-state index contributed by atoms with van der Waals surface area (Å²) in [5.74, 6) is -1.21. The molecule has 3 amide bonds. The van der Waals surface area contributed by atoms with E-state index in [-0.39, 0.29) is 30.0 Å². The largest absolute Gasteiger partial charge is 0.463 e. The van der Waals surface area contributed by atoms with Crippen LogP contribution in [0.1, 0.15) is 31.0 Å². The first-order chi connectivity index (χ1) is 14.8. The molecule has 9 heteroatoms. The molecule has 0 saturated carbocycles. The van der Waals surface area contributed by atoms with Crippen LogP contribution < -0.4 is 5.32 Å². The number of imide groups is 1. The standard InChI is InChI=1S/C22H21N3O6/c1-3-31-21(27)19-14(2)23-22(28)24(18(26)13-15-7-5-4-6-8-15)20(19)16-9-11-17(12-10-16)25(29)30/h4-12,20H,3,13H2,1-2H3,(H,23,28). The van der Waals surface area contributed by atoms with E-state index in [1.165, 1.54) is 24.3 Å². The van der Waals surface area contributed by atoms with Gasteiger partial charge >= 0.3 is 12.0 Å². The molecule has 1 heterocycles. The lowest BCUT2D eigenvalue weighted by molar-refractivity contribution is -0.384. The average Bonchev–Trinajstić information content (AvgIpc) is 2.74. The Morgan fingerprint density at radius 2 is 1.77 bits per heavy atom. The summed E-state index contributed by atoms with van der Waals surface area (Å²) >= 11 is 0. The molecule has 31 heavy (non-hydrogen) atoms. The molecule has 160 valence electrons. The number of ether oxygens (including phenoxy) is 1. The van der Waals surface area contributed by atoms with Crippen LogP contribution in [0.4, 0.5) is 10.5 Å². The highest BCUT2D eigenvalue weighted by atomic mass is 16.6. The van der Waals surface area contributed by atoms with Gasteiger partial charge in [-0.3, -0.25) is 19.8 Å². The smallest absolute Gasteiger partial charge is 0.338 e. The molecule has 0 bridgehead atoms. The Kier molecular flexibility index (Phi) is 6.44. The Balaban J connectivity index is 2.08. The molecular weight excluding hydrogens is 402 g/mol. The van der Waals surface area contributed by atoms with Crippen LogP contribution in [0.3, 0.4) is 0 Å². The van der Waals surface area contributed by atoms with Crippen LogP contribution in [0.25, 0.3) is 0 Å². The van der Waals surface area contributed by atoms with Gasteiger partial charge in [0.2, 0.25) is 5.91 Å². The van der Waals surface area contributed by atoms with Gasteiger partial charge in [0.05, 0.1) is 23.5 Å². The van der Waals surface area contributed by atoms with E-state index in [0.717, 1.165) is 4.90 Å². The molecule has 3 rings (SSSR count). The third-order valence-electron chi connectivity index (χ3n) is 4.83. The number of urea groups is 1. The van der Waals surface area contributed by atoms with Crippen molar-refractivity contribution in [2.75, 3.05) is 6.61 Å². The molecule has 1 unspecified atom stereocenters. The van der Waals surface area contributed by atoms with Crippen LogP contribution in [0, 0.1) is 10.1 Å². The summed E-state index contributed by atoms with van der Waals surface area (Å²) in [7, 11) is 0. The number of nitro benzene ring substituents is 1. The van der Waals surface area contributed by atoms with Crippen molar-refractivity contribution >= 4 is 23.6 Å². The average molecular weight is 423 g/mol. The number of allylic oxidation sites excluding steroid dienone is 1. The summed E-state index contributed by atoms with van der Waals surface area (Å²) in [5, 5.41) is 13.6. The van der Waals surface area contributed by atoms with Crippen molar-refractivity contribution in [1.29, 1.82) is 0 Å². The molecule has 0 saturated heterocycles. The van der Waals surface area contributed by atoms with Crippen molar-refractivity contribution in [2.45, 2.75) is 26.3 Å². The Morgan fingerprint density at radius 3 is 2.35 bits per heavy atom. The molecule has 0 fully saturated rings. The number of nitrogens with one attached hydrogen (secondary N) is 1. The van der Waals surface area contributed by atoms with Crippen molar-refractivity contribution in [2.24, 2.45) is 0 Å². The molecule has 0 aromatic heterocycles. The second-order valence-electron chi connectivity index (χ2n) is 6.87. The second-order valence-corrected chi connectivity index (χ2v) is 6.87. The fourth-order valence-electron chi connectivity index (χ4n) is 3.42. The number of amides is 3. The number of carbonyl (C=O) groups is 3. The van der Waals surface area contributed by atoms with Crippen molar-refractivity contribution in [3.05, 3.63) is 87.1 Å². The summed E-state index contributed by atoms with van der Waals surface area (Å²) < 4.78 is 5.15. The number of non-ortho nitro benzene ring substituents is 1. The quantitative estimate of drug-likeness (QED) is 0.433. The monoisotopic (exact) mass is 423 g/mol. The normalized spacial score (nSPS) is 16.0. The lowest BCUT2D eigenvalue weighted by Crippen LogP contribution is -2.51. The predicted octanol–water partition coefficient (Wildman–Crippen LogP) is 3.27. The number of hydrogen-bond donors (Lipinski definition) is 1. The molecule has 0 radical (unpaired) electrons. The van der Waals surface area contributed by atoms with E-state index in [2.05, 4.69) is 5.32 Å². The van der Waals surface area contributed by atoms with Crippen LogP contribution in [-0.4, -0.2) is 34.3 Å². The SMILES string of the molecule is CCOC(=O)C1=C(C)NC(=O)N(C(=O)Cc2ccccc2)C1c1ccc([N+](=O)[O-])cc1. The van der Waals surface area contributed by atoms with Gasteiger partial charge in [0.1, 0.15) is 6.04 Å². The van der Waals surface area contributed by atoms with Gasteiger partial charge in [0, 0.05) is 17.8 Å². The van der Waals surface area contributed by atoms with Crippen LogP contribution in [-0.2, 0) is 20.7 Å². The molecule has 1 aliphatic heterocycles. The van der Waals surface area contributed by atoms with E-state index in [9.17, 15) is 24.5 Å². The van der Waals surface area contributed by atoms with Crippen molar-refractivity contribution in [3.63, 3.8) is 0 Å². The Bertz CT molecular complexity index is 1050. The van der Waals surface area contributed by atoms with Gasteiger partial charge in [-0.2, -0.15) is 0 Å². The first-order valence-electron chi connectivity index (χ1n) is 9.62. The number of esters is 1. The lowest BCUT2D eigenvalue weighted by Gasteiger charge is -2.36. The van der Waals surface area contributed by atoms with Gasteiger partial charge < -0.3 is 10.1 Å². The summed E-state index contributed by atoms with van der Waals surface area (Å²) in [6.45, 7) is 3.30. The molecule has 1 N–H and O–H groups in total. The maximum absolute atomic E-state index is 13.2. The summed E-state index contributed by atoms with van der Waals surface area (Å²) in [6.07, 6.45) is -0.0626. The summed E-state index contributed by atoms with van der Waals surface area (Å²) in [4.78, 5) is 50.1. The summed E-state index contributed by atoms with van der Waals surface area (Å²) in [5.41, 5.74) is 1.29. The third kappa shape index (κ3) is 4.61. The van der Waals surface area contributed by atoms with Crippen LogP contribution in [0.5, 0.6) is 0 Å². The number of nitrogens with zero attached hydrogens (tertiary/aromatic N) is 2. The fourth-order valence-corrected chi connectivity index (χ4v) is 3.42. The van der Waals surface area contributed by atoms with Crippen molar-refractivity contribution in [3.8, 4) is 0 Å². The van der Waals surface area contributed by atoms with Gasteiger partial charge in [-0.1, -0.05) is 30.3 Å². The maximum Gasteiger partial charge on any atom is 0.338 e. The molecule has 0 spiro atoms. The molecular formula is C22H21N3O6. The van der Waals surface area contributed by atoms with E-state index in [0.29, 0.717) is 11.1 Å². The van der Waals surface area contributed by atoms with Crippen LogP contribution in [0.15, 0.2) is 65.9 Å². The van der Waals surface area contributed by atoms with E-state index in [1.807, 2.05) is 6.07 Å². The molecule has 1 aliphatic rings. The topological polar surface area (TPSA) is 119 Å². The highest BCUT2D eigenvalue weighted by Gasteiger charge is 2.41. The Labute approximate surface area is 178 Å². The fraction of sp³-hybridized carbons (Fsp3) is 0.227. The first kappa shape index (κ1) is 21.7. The predicted molar refractivity (Wildman–Crippen MR) is 111 cm³/mol. The number of rotatable bonds is 6. The molecule has 2 aromatic rings. The first-order valence-corrected chi connectivity index (χ1v) is 9.62. The number of hydrogen-bond acceptors (Lipinski definition) is 6. The zero-order valence-electron chi connectivity index (χ0n) is 17.0. The minimum Gasteiger partial charge on any atom is -0.463 e. The molecule has 0 aliphatic carbocycles. The summed E-state index contributed by atoms with van der Waals surface area (Å²) in [6, 6.07) is 12.5. The van der Waals surface area contributed by atoms with E-state index in [4.69, 9.17) is 4.74 Å². The molecule has 2 aromatic carbocycles. The zero-order chi connectivity index (χ0) is 22.5. The lowest BCUT2D eigenvalue weighted by atomic mass is 9.93. The number of carbonyl (C=O) groups excluding carboxylic acids is 3. The van der Waals surface area contributed by atoms with Crippen molar-refractivity contribution < 1.29 is 24.0 Å². The highest BCUT2D eigenvalue weighted by Crippen LogP contribution is 2.35. The second kappa shape index (κ2) is 9.21. The Morgan fingerprint density at radius 1 is 1.13 bits per heavy atom. The highest BCUT2D eigenvalue weighted by molar-refractivity contribution is 6.02. The third-order valence-corrected chi connectivity index (χ3v) is 4.83. The number of benzene rings is 2. The molecule has 9 nitrogen and oxygen atoms in total. The minimum absolute atomic E-state index is 0.0626. The Hall–Kier alpha value is -4.01.